The van der Waals surface area contributed by atoms with Crippen LogP contribution in [0.5, 0.6) is 0 Å². The molecule has 3 nitrogen and oxygen atoms in total. The zero-order chi connectivity index (χ0) is 14.7. The number of benzene rings is 1. The van der Waals surface area contributed by atoms with Gasteiger partial charge in [0, 0.05) is 12.1 Å². The van der Waals surface area contributed by atoms with Gasteiger partial charge in [-0.05, 0) is 72.6 Å². The summed E-state index contributed by atoms with van der Waals surface area (Å²) < 4.78 is 16.6. The Labute approximate surface area is 137 Å². The van der Waals surface area contributed by atoms with E-state index in [9.17, 15) is 4.39 Å². The zero-order valence-electron chi connectivity index (χ0n) is 12.0. The number of rotatable bonds is 2. The highest BCUT2D eigenvalue weighted by atomic mass is 127. The third kappa shape index (κ3) is 2.07. The summed E-state index contributed by atoms with van der Waals surface area (Å²) >= 11 is 2.00. The molecule has 0 aliphatic heterocycles. The topological polar surface area (TPSA) is 43.8 Å². The first-order valence-electron chi connectivity index (χ1n) is 7.67. The number of nitrogen functional groups attached to an aromatic ring is 1. The minimum atomic E-state index is -0.190. The lowest BCUT2D eigenvalue weighted by atomic mass is 9.84. The molecular weight excluding hydrogens is 380 g/mol. The summed E-state index contributed by atoms with van der Waals surface area (Å²) in [5.41, 5.74) is 7.78. The maximum atomic E-state index is 13.9. The lowest BCUT2D eigenvalue weighted by Gasteiger charge is -2.29. The second-order valence-electron chi connectivity index (χ2n) is 6.67. The summed E-state index contributed by atoms with van der Waals surface area (Å²) in [7, 11) is 0. The third-order valence-corrected chi connectivity index (χ3v) is 6.41. The minimum absolute atomic E-state index is 0.190. The van der Waals surface area contributed by atoms with Crippen LogP contribution < -0.4 is 5.73 Å². The Kier molecular flexibility index (Phi) is 3.17. The average molecular weight is 399 g/mol. The predicted molar refractivity (Wildman–Crippen MR) is 90.5 cm³/mol. The SMILES string of the molecule is CC(C1CC2CCC1C2)n1c(N)nc2cc(I)c(F)cc21. The maximum Gasteiger partial charge on any atom is 0.201 e. The van der Waals surface area contributed by atoms with Crippen LogP contribution in [0.4, 0.5) is 10.3 Å². The largest absolute Gasteiger partial charge is 0.369 e. The number of hydrogen-bond donors (Lipinski definition) is 1. The first kappa shape index (κ1) is 13.8. The van der Waals surface area contributed by atoms with Crippen molar-refractivity contribution in [3.63, 3.8) is 0 Å². The fourth-order valence-corrected chi connectivity index (χ4v) is 5.06. The molecule has 2 aromatic rings. The lowest BCUT2D eigenvalue weighted by Crippen LogP contribution is -2.23. The zero-order valence-corrected chi connectivity index (χ0v) is 14.2. The Morgan fingerprint density at radius 3 is 2.86 bits per heavy atom. The van der Waals surface area contributed by atoms with Gasteiger partial charge in [0.2, 0.25) is 5.95 Å². The van der Waals surface area contributed by atoms with Gasteiger partial charge in [-0.25, -0.2) is 9.37 Å². The van der Waals surface area contributed by atoms with E-state index in [1.165, 1.54) is 25.7 Å². The van der Waals surface area contributed by atoms with E-state index in [4.69, 9.17) is 5.73 Å². The van der Waals surface area contributed by atoms with Crippen LogP contribution in [0.25, 0.3) is 11.0 Å². The minimum Gasteiger partial charge on any atom is -0.369 e. The van der Waals surface area contributed by atoms with Crippen LogP contribution in [0.15, 0.2) is 12.1 Å². The van der Waals surface area contributed by atoms with Crippen molar-refractivity contribution in [3.8, 4) is 0 Å². The van der Waals surface area contributed by atoms with Crippen molar-refractivity contribution in [1.29, 1.82) is 0 Å². The van der Waals surface area contributed by atoms with E-state index in [-0.39, 0.29) is 5.82 Å². The Bertz CT molecular complexity index is 711. The van der Waals surface area contributed by atoms with Crippen molar-refractivity contribution >= 4 is 39.6 Å². The van der Waals surface area contributed by atoms with Gasteiger partial charge in [-0.3, -0.25) is 0 Å². The first-order chi connectivity index (χ1) is 10.0. The van der Waals surface area contributed by atoms with Crippen LogP contribution in [0.3, 0.4) is 0 Å². The second-order valence-corrected chi connectivity index (χ2v) is 7.84. The first-order valence-corrected chi connectivity index (χ1v) is 8.75. The number of anilines is 1. The van der Waals surface area contributed by atoms with Crippen molar-refractivity contribution in [2.24, 2.45) is 17.8 Å². The summed E-state index contributed by atoms with van der Waals surface area (Å²) in [6.07, 6.45) is 5.39. The highest BCUT2D eigenvalue weighted by molar-refractivity contribution is 14.1. The van der Waals surface area contributed by atoms with Gasteiger partial charge in [0.25, 0.3) is 0 Å². The Morgan fingerprint density at radius 2 is 2.19 bits per heavy atom. The molecule has 0 spiro atoms. The van der Waals surface area contributed by atoms with E-state index in [1.54, 1.807) is 12.1 Å². The van der Waals surface area contributed by atoms with Crippen LogP contribution in [-0.4, -0.2) is 9.55 Å². The quantitative estimate of drug-likeness (QED) is 0.763. The van der Waals surface area contributed by atoms with Crippen LogP contribution in [0.2, 0.25) is 0 Å². The van der Waals surface area contributed by atoms with Crippen LogP contribution in [0.1, 0.15) is 38.6 Å². The van der Waals surface area contributed by atoms with Crippen molar-refractivity contribution in [2.75, 3.05) is 5.73 Å². The second kappa shape index (κ2) is 4.83. The number of nitrogens with zero attached hydrogens (tertiary/aromatic N) is 2. The molecule has 4 atom stereocenters. The third-order valence-electron chi connectivity index (χ3n) is 5.58. The molecule has 2 saturated carbocycles. The molecule has 0 radical (unpaired) electrons. The molecule has 2 aliphatic rings. The van der Waals surface area contributed by atoms with Gasteiger partial charge < -0.3 is 10.3 Å². The summed E-state index contributed by atoms with van der Waals surface area (Å²) in [5.74, 6) is 2.70. The van der Waals surface area contributed by atoms with E-state index in [0.717, 1.165) is 22.9 Å². The number of aromatic nitrogens is 2. The van der Waals surface area contributed by atoms with Crippen molar-refractivity contribution in [3.05, 3.63) is 21.5 Å². The summed E-state index contributed by atoms with van der Waals surface area (Å²) in [4.78, 5) is 4.44. The number of imidazole rings is 1. The molecule has 1 aromatic heterocycles. The van der Waals surface area contributed by atoms with Gasteiger partial charge in [-0.15, -0.1) is 0 Å². The molecule has 2 bridgehead atoms. The Balaban J connectivity index is 1.78. The molecule has 0 amide bonds. The van der Waals surface area contributed by atoms with Gasteiger partial charge in [0.1, 0.15) is 5.82 Å². The van der Waals surface area contributed by atoms with Crippen LogP contribution >= 0.6 is 22.6 Å². The molecule has 0 saturated heterocycles. The summed E-state index contributed by atoms with van der Waals surface area (Å²) in [6, 6.07) is 3.67. The standard InChI is InChI=1S/C16H19FIN3/c1-8(11-5-9-2-3-10(11)4-9)21-15-6-12(17)13(18)7-14(15)20-16(21)19/h6-11H,2-5H2,1H3,(H2,19,20). The van der Waals surface area contributed by atoms with Gasteiger partial charge in [-0.2, -0.15) is 0 Å². The van der Waals surface area contributed by atoms with E-state index in [1.807, 2.05) is 22.6 Å². The number of halogens is 2. The lowest BCUT2D eigenvalue weighted by molar-refractivity contribution is 0.248. The predicted octanol–water partition coefficient (Wildman–Crippen LogP) is 4.36. The number of nitrogens with two attached hydrogens (primary N) is 1. The van der Waals surface area contributed by atoms with Crippen molar-refractivity contribution in [2.45, 2.75) is 38.6 Å². The molecule has 4 unspecified atom stereocenters. The normalized spacial score (nSPS) is 29.4. The highest BCUT2D eigenvalue weighted by Gasteiger charge is 2.42. The molecule has 112 valence electrons. The molecule has 2 N–H and O–H groups in total. The van der Waals surface area contributed by atoms with Crippen LogP contribution in [0, 0.1) is 27.1 Å². The van der Waals surface area contributed by atoms with Crippen molar-refractivity contribution < 1.29 is 4.39 Å². The molecule has 21 heavy (non-hydrogen) atoms. The van der Waals surface area contributed by atoms with Gasteiger partial charge in [-0.1, -0.05) is 6.42 Å². The molecule has 1 aromatic carbocycles. The molecule has 2 fully saturated rings. The maximum absolute atomic E-state index is 13.9. The van der Waals surface area contributed by atoms with Gasteiger partial charge >= 0.3 is 0 Å². The molecular formula is C16H19FIN3. The molecule has 2 aliphatic carbocycles. The van der Waals surface area contributed by atoms with Gasteiger partial charge in [0.05, 0.1) is 14.6 Å². The highest BCUT2D eigenvalue weighted by Crippen LogP contribution is 2.52. The Hall–Kier alpha value is -0.850. The number of hydrogen-bond acceptors (Lipinski definition) is 2. The van der Waals surface area contributed by atoms with E-state index in [2.05, 4.69) is 16.5 Å². The summed E-state index contributed by atoms with van der Waals surface area (Å²) in [5, 5.41) is 0. The van der Waals surface area contributed by atoms with Gasteiger partial charge in [0.15, 0.2) is 0 Å². The fraction of sp³-hybridized carbons (Fsp3) is 0.562. The molecule has 5 heteroatoms. The van der Waals surface area contributed by atoms with E-state index >= 15 is 0 Å². The average Bonchev–Trinajstić information content (AvgIpc) is 3.12. The fourth-order valence-electron chi connectivity index (χ4n) is 4.61. The molecule has 1 heterocycles. The van der Waals surface area contributed by atoms with E-state index in [0.29, 0.717) is 21.5 Å². The number of fused-ring (bicyclic) bond motifs is 3. The monoisotopic (exact) mass is 399 g/mol. The van der Waals surface area contributed by atoms with Crippen molar-refractivity contribution in [1.82, 2.24) is 9.55 Å². The smallest absolute Gasteiger partial charge is 0.201 e. The Morgan fingerprint density at radius 1 is 1.38 bits per heavy atom. The summed E-state index contributed by atoms with van der Waals surface area (Å²) in [6.45, 7) is 2.22. The van der Waals surface area contributed by atoms with Crippen LogP contribution in [-0.2, 0) is 0 Å². The van der Waals surface area contributed by atoms with E-state index < -0.39 is 0 Å². The molecule has 4 rings (SSSR count).